The number of para-hydroxylation sites is 1. The Kier molecular flexibility index (Phi) is 3.42. The van der Waals surface area contributed by atoms with Crippen molar-refractivity contribution >= 4 is 11.6 Å². The van der Waals surface area contributed by atoms with Gasteiger partial charge in [-0.3, -0.25) is 4.79 Å². The Morgan fingerprint density at radius 1 is 1.32 bits per heavy atom. The summed E-state index contributed by atoms with van der Waals surface area (Å²) in [6.07, 6.45) is 3.82. The van der Waals surface area contributed by atoms with Crippen LogP contribution in [0.15, 0.2) is 24.3 Å². The van der Waals surface area contributed by atoms with Gasteiger partial charge < -0.3 is 15.4 Å². The van der Waals surface area contributed by atoms with E-state index in [1.165, 1.54) is 0 Å². The number of carbonyl (C=O) groups excluding carboxylic acids is 1. The molecule has 2 fully saturated rings. The van der Waals surface area contributed by atoms with Crippen molar-refractivity contribution in [2.45, 2.75) is 44.4 Å². The lowest BCUT2D eigenvalue weighted by Gasteiger charge is -2.25. The fourth-order valence-corrected chi connectivity index (χ4v) is 2.59. The molecule has 0 spiro atoms. The van der Waals surface area contributed by atoms with Crippen molar-refractivity contribution in [2.24, 2.45) is 0 Å². The first kappa shape index (κ1) is 12.5. The lowest BCUT2D eigenvalue weighted by Crippen LogP contribution is -2.40. The van der Waals surface area contributed by atoms with Crippen molar-refractivity contribution in [3.63, 3.8) is 0 Å². The van der Waals surface area contributed by atoms with Crippen LogP contribution >= 0.6 is 0 Å². The number of anilines is 1. The van der Waals surface area contributed by atoms with Gasteiger partial charge in [-0.15, -0.1) is 0 Å². The van der Waals surface area contributed by atoms with Crippen LogP contribution in [0.1, 0.15) is 31.2 Å². The molecule has 3 rings (SSSR count). The fraction of sp³-hybridized carbons (Fsp3) is 0.533. The highest BCUT2D eigenvalue weighted by molar-refractivity contribution is 5.82. The van der Waals surface area contributed by atoms with Crippen LogP contribution in [0.25, 0.3) is 0 Å². The zero-order valence-electron chi connectivity index (χ0n) is 11.0. The molecule has 1 aromatic carbocycles. The lowest BCUT2D eigenvalue weighted by molar-refractivity contribution is -0.142. The molecule has 1 amide bonds. The zero-order valence-corrected chi connectivity index (χ0v) is 11.0. The molecule has 19 heavy (non-hydrogen) atoms. The number of benzene rings is 1. The quantitative estimate of drug-likeness (QED) is 0.842. The van der Waals surface area contributed by atoms with Crippen LogP contribution in [0.4, 0.5) is 5.69 Å². The molecule has 1 saturated carbocycles. The van der Waals surface area contributed by atoms with Crippen LogP contribution in [0.3, 0.4) is 0 Å². The molecule has 102 valence electrons. The molecule has 1 aliphatic heterocycles. The number of ether oxygens (including phenoxy) is 1. The van der Waals surface area contributed by atoms with Crippen molar-refractivity contribution in [2.75, 3.05) is 12.3 Å². The second kappa shape index (κ2) is 5.21. The molecule has 1 aromatic rings. The Hall–Kier alpha value is -1.55. The van der Waals surface area contributed by atoms with Crippen molar-refractivity contribution in [3.8, 4) is 0 Å². The van der Waals surface area contributed by atoms with Crippen LogP contribution in [-0.2, 0) is 16.1 Å². The number of amides is 1. The Bertz CT molecular complexity index is 465. The van der Waals surface area contributed by atoms with Gasteiger partial charge in [0.15, 0.2) is 0 Å². The number of nitrogens with two attached hydrogens (primary N) is 1. The van der Waals surface area contributed by atoms with Gasteiger partial charge in [-0.25, -0.2) is 0 Å². The maximum absolute atomic E-state index is 12.5. The van der Waals surface area contributed by atoms with Gasteiger partial charge in [0.25, 0.3) is 5.91 Å². The van der Waals surface area contributed by atoms with E-state index in [9.17, 15) is 4.79 Å². The summed E-state index contributed by atoms with van der Waals surface area (Å²) >= 11 is 0. The summed E-state index contributed by atoms with van der Waals surface area (Å²) < 4.78 is 5.52. The van der Waals surface area contributed by atoms with Crippen LogP contribution in [0.2, 0.25) is 0 Å². The van der Waals surface area contributed by atoms with Gasteiger partial charge >= 0.3 is 0 Å². The predicted octanol–water partition coefficient (Wildman–Crippen LogP) is 1.94. The van der Waals surface area contributed by atoms with E-state index in [4.69, 9.17) is 10.5 Å². The van der Waals surface area contributed by atoms with Crippen LogP contribution in [-0.4, -0.2) is 29.6 Å². The standard InChI is InChI=1S/C15H20N2O2/c16-13-5-2-1-4-11(13)10-17(12-7-8-12)15(18)14-6-3-9-19-14/h1-2,4-5,12,14H,3,6-10,16H2. The van der Waals surface area contributed by atoms with Gasteiger partial charge in [-0.2, -0.15) is 0 Å². The van der Waals surface area contributed by atoms with Gasteiger partial charge in [-0.1, -0.05) is 18.2 Å². The molecule has 1 saturated heterocycles. The average Bonchev–Trinajstić information content (AvgIpc) is 3.11. The average molecular weight is 260 g/mol. The van der Waals surface area contributed by atoms with E-state index in [2.05, 4.69) is 0 Å². The SMILES string of the molecule is Nc1ccccc1CN(C(=O)C1CCCO1)C1CC1. The summed E-state index contributed by atoms with van der Waals surface area (Å²) in [4.78, 5) is 14.5. The highest BCUT2D eigenvalue weighted by Crippen LogP contribution is 2.31. The van der Waals surface area contributed by atoms with Crippen molar-refractivity contribution < 1.29 is 9.53 Å². The Labute approximate surface area is 113 Å². The third-order valence-electron chi connectivity index (χ3n) is 3.87. The molecule has 2 aliphatic rings. The summed E-state index contributed by atoms with van der Waals surface area (Å²) in [5, 5.41) is 0. The van der Waals surface area contributed by atoms with Gasteiger partial charge in [0.2, 0.25) is 0 Å². The predicted molar refractivity (Wildman–Crippen MR) is 73.4 cm³/mol. The minimum atomic E-state index is -0.231. The second-order valence-corrected chi connectivity index (χ2v) is 5.40. The Morgan fingerprint density at radius 3 is 2.74 bits per heavy atom. The molecule has 4 heteroatoms. The van der Waals surface area contributed by atoms with E-state index in [-0.39, 0.29) is 12.0 Å². The van der Waals surface area contributed by atoms with E-state index >= 15 is 0 Å². The number of nitrogen functional groups attached to an aromatic ring is 1. The van der Waals surface area contributed by atoms with Gasteiger partial charge in [0.1, 0.15) is 6.10 Å². The first-order valence-corrected chi connectivity index (χ1v) is 7.01. The maximum Gasteiger partial charge on any atom is 0.252 e. The Balaban J connectivity index is 1.74. The molecule has 2 N–H and O–H groups in total. The number of nitrogens with zero attached hydrogens (tertiary/aromatic N) is 1. The molecule has 1 heterocycles. The number of carbonyl (C=O) groups is 1. The van der Waals surface area contributed by atoms with Crippen LogP contribution in [0, 0.1) is 0 Å². The summed E-state index contributed by atoms with van der Waals surface area (Å²) in [6.45, 7) is 1.32. The lowest BCUT2D eigenvalue weighted by atomic mass is 10.1. The summed E-state index contributed by atoms with van der Waals surface area (Å²) in [6, 6.07) is 8.15. The molecule has 0 aromatic heterocycles. The largest absolute Gasteiger partial charge is 0.398 e. The van der Waals surface area contributed by atoms with Gasteiger partial charge in [-0.05, 0) is 37.3 Å². The van der Waals surface area contributed by atoms with Gasteiger partial charge in [0.05, 0.1) is 0 Å². The molecule has 0 bridgehead atoms. The number of hydrogen-bond donors (Lipinski definition) is 1. The molecule has 4 nitrogen and oxygen atoms in total. The van der Waals surface area contributed by atoms with Crippen molar-refractivity contribution in [3.05, 3.63) is 29.8 Å². The van der Waals surface area contributed by atoms with Crippen molar-refractivity contribution in [1.29, 1.82) is 0 Å². The normalized spacial score (nSPS) is 22.4. The van der Waals surface area contributed by atoms with E-state index in [0.29, 0.717) is 19.2 Å². The monoisotopic (exact) mass is 260 g/mol. The zero-order chi connectivity index (χ0) is 13.2. The highest BCUT2D eigenvalue weighted by Gasteiger charge is 2.37. The summed E-state index contributed by atoms with van der Waals surface area (Å²) in [5.74, 6) is 0.142. The van der Waals surface area contributed by atoms with Crippen molar-refractivity contribution in [1.82, 2.24) is 4.90 Å². The topological polar surface area (TPSA) is 55.6 Å². The molecule has 1 aliphatic carbocycles. The molecule has 0 radical (unpaired) electrons. The smallest absolute Gasteiger partial charge is 0.252 e. The third kappa shape index (κ3) is 2.73. The van der Waals surface area contributed by atoms with Gasteiger partial charge in [0, 0.05) is 24.9 Å². The number of hydrogen-bond acceptors (Lipinski definition) is 3. The first-order chi connectivity index (χ1) is 9.25. The molecule has 1 unspecified atom stereocenters. The fourth-order valence-electron chi connectivity index (χ4n) is 2.59. The molecular weight excluding hydrogens is 240 g/mol. The number of rotatable bonds is 4. The third-order valence-corrected chi connectivity index (χ3v) is 3.87. The van der Waals surface area contributed by atoms with Crippen LogP contribution < -0.4 is 5.73 Å². The highest BCUT2D eigenvalue weighted by atomic mass is 16.5. The molecular formula is C15H20N2O2. The maximum atomic E-state index is 12.5. The molecule has 1 atom stereocenters. The minimum Gasteiger partial charge on any atom is -0.398 e. The summed E-state index contributed by atoms with van der Waals surface area (Å²) in [7, 11) is 0. The van der Waals surface area contributed by atoms with E-state index in [1.807, 2.05) is 29.2 Å². The first-order valence-electron chi connectivity index (χ1n) is 7.01. The van der Waals surface area contributed by atoms with E-state index in [1.54, 1.807) is 0 Å². The summed E-state index contributed by atoms with van der Waals surface area (Å²) in [5.41, 5.74) is 7.76. The Morgan fingerprint density at radius 2 is 2.11 bits per heavy atom. The van der Waals surface area contributed by atoms with E-state index in [0.717, 1.165) is 36.9 Å². The van der Waals surface area contributed by atoms with E-state index < -0.39 is 0 Å². The second-order valence-electron chi connectivity index (χ2n) is 5.40. The van der Waals surface area contributed by atoms with Crippen LogP contribution in [0.5, 0.6) is 0 Å². The minimum absolute atomic E-state index is 0.142.